The summed E-state index contributed by atoms with van der Waals surface area (Å²) >= 11 is 0. The number of nitrogens with zero attached hydrogens (tertiary/aromatic N) is 2. The highest BCUT2D eigenvalue weighted by molar-refractivity contribution is 5.80. The third kappa shape index (κ3) is 0.857. The van der Waals surface area contributed by atoms with Crippen LogP contribution < -0.4 is 0 Å². The Labute approximate surface area is 77.2 Å². The van der Waals surface area contributed by atoms with Crippen LogP contribution in [0, 0.1) is 0 Å². The Morgan fingerprint density at radius 3 is 3.31 bits per heavy atom. The zero-order valence-electron chi connectivity index (χ0n) is 7.70. The van der Waals surface area contributed by atoms with Crippen LogP contribution in [0.5, 0.6) is 0 Å². The molecule has 66 valence electrons. The normalized spacial score (nSPS) is 20.8. The van der Waals surface area contributed by atoms with E-state index in [1.165, 1.54) is 17.5 Å². The molecule has 0 amide bonds. The Kier molecular flexibility index (Phi) is 1.29. The van der Waals surface area contributed by atoms with Gasteiger partial charge in [-0.25, -0.2) is 4.98 Å². The van der Waals surface area contributed by atoms with Crippen molar-refractivity contribution >= 4 is 11.0 Å². The molecule has 1 aromatic carbocycles. The first-order valence-electron chi connectivity index (χ1n) is 4.80. The van der Waals surface area contributed by atoms with Gasteiger partial charge in [-0.15, -0.1) is 0 Å². The van der Waals surface area contributed by atoms with Gasteiger partial charge in [0, 0.05) is 6.54 Å². The van der Waals surface area contributed by atoms with E-state index in [4.69, 9.17) is 0 Å². The average molecular weight is 172 g/mol. The second kappa shape index (κ2) is 2.34. The van der Waals surface area contributed by atoms with Crippen molar-refractivity contribution < 1.29 is 0 Å². The van der Waals surface area contributed by atoms with Gasteiger partial charge in [0.1, 0.15) is 0 Å². The second-order valence-corrected chi connectivity index (χ2v) is 3.84. The van der Waals surface area contributed by atoms with Crippen molar-refractivity contribution in [2.75, 3.05) is 0 Å². The zero-order chi connectivity index (χ0) is 8.84. The highest BCUT2D eigenvalue weighted by atomic mass is 15.0. The van der Waals surface area contributed by atoms with E-state index < -0.39 is 0 Å². The van der Waals surface area contributed by atoms with Gasteiger partial charge >= 0.3 is 0 Å². The van der Waals surface area contributed by atoms with Crippen LogP contribution in [0.2, 0.25) is 0 Å². The third-order valence-corrected chi connectivity index (χ3v) is 3.00. The Morgan fingerprint density at radius 1 is 1.46 bits per heavy atom. The van der Waals surface area contributed by atoms with Gasteiger partial charge in [0.15, 0.2) is 0 Å². The smallest absolute Gasteiger partial charge is 0.0958 e. The minimum absolute atomic E-state index is 0.688. The molecule has 0 saturated carbocycles. The molecule has 2 aromatic rings. The molecule has 1 aliphatic rings. The van der Waals surface area contributed by atoms with E-state index >= 15 is 0 Å². The van der Waals surface area contributed by atoms with Gasteiger partial charge < -0.3 is 4.57 Å². The molecule has 0 bridgehead atoms. The summed E-state index contributed by atoms with van der Waals surface area (Å²) in [6.45, 7) is 3.42. The molecule has 2 heterocycles. The molecule has 1 unspecified atom stereocenters. The van der Waals surface area contributed by atoms with Crippen LogP contribution in [0.4, 0.5) is 0 Å². The maximum absolute atomic E-state index is 4.39. The fraction of sp³-hybridized carbons (Fsp3) is 0.364. The van der Waals surface area contributed by atoms with Crippen LogP contribution in [0.1, 0.15) is 24.8 Å². The fourth-order valence-corrected chi connectivity index (χ4v) is 2.21. The lowest BCUT2D eigenvalue weighted by atomic mass is 9.94. The van der Waals surface area contributed by atoms with Gasteiger partial charge in [-0.3, -0.25) is 0 Å². The zero-order valence-corrected chi connectivity index (χ0v) is 7.70. The van der Waals surface area contributed by atoms with E-state index in [1.54, 1.807) is 0 Å². The fourth-order valence-electron chi connectivity index (χ4n) is 2.21. The molecule has 0 radical (unpaired) electrons. The lowest BCUT2D eigenvalue weighted by Gasteiger charge is -2.20. The van der Waals surface area contributed by atoms with E-state index in [1.807, 2.05) is 6.33 Å². The minimum Gasteiger partial charge on any atom is -0.330 e. The summed E-state index contributed by atoms with van der Waals surface area (Å²) in [7, 11) is 0. The Hall–Kier alpha value is -1.31. The van der Waals surface area contributed by atoms with Gasteiger partial charge in [-0.2, -0.15) is 0 Å². The summed E-state index contributed by atoms with van der Waals surface area (Å²) in [5.74, 6) is 0.688. The van der Waals surface area contributed by atoms with Gasteiger partial charge in [-0.1, -0.05) is 19.1 Å². The largest absolute Gasteiger partial charge is 0.330 e. The standard InChI is InChI=1S/C11H12N2/c1-8-5-6-13-7-12-10-4-2-3-9(8)11(10)13/h2-4,7-8H,5-6H2,1H3. The first-order valence-corrected chi connectivity index (χ1v) is 4.80. The number of para-hydroxylation sites is 1. The molecule has 3 rings (SSSR count). The van der Waals surface area contributed by atoms with Gasteiger partial charge in [0.05, 0.1) is 17.4 Å². The molecule has 2 nitrogen and oxygen atoms in total. The monoisotopic (exact) mass is 172 g/mol. The van der Waals surface area contributed by atoms with Crippen LogP contribution in [-0.2, 0) is 6.54 Å². The van der Waals surface area contributed by atoms with Gasteiger partial charge in [-0.05, 0) is 24.0 Å². The average Bonchev–Trinajstić information content (AvgIpc) is 2.57. The molecule has 1 aliphatic heterocycles. The Bertz CT molecular complexity index is 456. The van der Waals surface area contributed by atoms with Crippen molar-refractivity contribution in [3.63, 3.8) is 0 Å². The van der Waals surface area contributed by atoms with Crippen LogP contribution in [0.15, 0.2) is 24.5 Å². The third-order valence-electron chi connectivity index (χ3n) is 3.00. The minimum atomic E-state index is 0.688. The Balaban J connectivity index is 2.45. The number of rotatable bonds is 0. The maximum Gasteiger partial charge on any atom is 0.0958 e. The Morgan fingerprint density at radius 2 is 2.38 bits per heavy atom. The van der Waals surface area contributed by atoms with E-state index in [0.717, 1.165) is 12.1 Å². The molecule has 1 aromatic heterocycles. The number of imidazole rings is 1. The number of benzene rings is 1. The number of hydrogen-bond donors (Lipinski definition) is 0. The molecule has 1 atom stereocenters. The first-order chi connectivity index (χ1) is 6.36. The van der Waals surface area contributed by atoms with E-state index in [0.29, 0.717) is 5.92 Å². The SMILES string of the molecule is CC1CCn2cnc3cccc1c32. The summed E-state index contributed by atoms with van der Waals surface area (Å²) < 4.78 is 2.27. The van der Waals surface area contributed by atoms with Crippen molar-refractivity contribution in [2.24, 2.45) is 0 Å². The van der Waals surface area contributed by atoms with Crippen molar-refractivity contribution in [2.45, 2.75) is 25.8 Å². The number of hydrogen-bond acceptors (Lipinski definition) is 1. The topological polar surface area (TPSA) is 17.8 Å². The van der Waals surface area contributed by atoms with Crippen molar-refractivity contribution in [3.8, 4) is 0 Å². The molecule has 0 saturated heterocycles. The van der Waals surface area contributed by atoms with Crippen LogP contribution in [0.25, 0.3) is 11.0 Å². The first kappa shape index (κ1) is 7.13. The predicted octanol–water partition coefficient (Wildman–Crippen LogP) is 2.54. The van der Waals surface area contributed by atoms with Crippen molar-refractivity contribution in [3.05, 3.63) is 30.1 Å². The lowest BCUT2D eigenvalue weighted by Crippen LogP contribution is -2.09. The summed E-state index contributed by atoms with van der Waals surface area (Å²) in [6, 6.07) is 6.43. The predicted molar refractivity (Wildman–Crippen MR) is 52.8 cm³/mol. The summed E-state index contributed by atoms with van der Waals surface area (Å²) in [4.78, 5) is 4.39. The quantitative estimate of drug-likeness (QED) is 0.597. The van der Waals surface area contributed by atoms with Crippen LogP contribution in [-0.4, -0.2) is 9.55 Å². The number of aryl methyl sites for hydroxylation is 1. The van der Waals surface area contributed by atoms with Crippen molar-refractivity contribution in [1.29, 1.82) is 0 Å². The molecule has 0 aliphatic carbocycles. The van der Waals surface area contributed by atoms with Gasteiger partial charge in [0.25, 0.3) is 0 Å². The summed E-state index contributed by atoms with van der Waals surface area (Å²) in [5, 5.41) is 0. The lowest BCUT2D eigenvalue weighted by molar-refractivity contribution is 0.560. The molecular weight excluding hydrogens is 160 g/mol. The number of aromatic nitrogens is 2. The maximum atomic E-state index is 4.39. The highest BCUT2D eigenvalue weighted by Crippen LogP contribution is 2.31. The molecular formula is C11H12N2. The van der Waals surface area contributed by atoms with E-state index in [2.05, 4.69) is 34.7 Å². The summed E-state index contributed by atoms with van der Waals surface area (Å²) in [6.07, 6.45) is 3.20. The molecule has 0 N–H and O–H groups in total. The van der Waals surface area contributed by atoms with Gasteiger partial charge in [0.2, 0.25) is 0 Å². The van der Waals surface area contributed by atoms with Crippen molar-refractivity contribution in [1.82, 2.24) is 9.55 Å². The van der Waals surface area contributed by atoms with E-state index in [9.17, 15) is 0 Å². The highest BCUT2D eigenvalue weighted by Gasteiger charge is 2.17. The molecule has 2 heteroatoms. The molecule has 13 heavy (non-hydrogen) atoms. The molecule has 0 spiro atoms. The van der Waals surface area contributed by atoms with E-state index in [-0.39, 0.29) is 0 Å². The van der Waals surface area contributed by atoms with Crippen LogP contribution >= 0.6 is 0 Å². The van der Waals surface area contributed by atoms with Crippen LogP contribution in [0.3, 0.4) is 0 Å². The second-order valence-electron chi connectivity index (χ2n) is 3.84. The molecule has 0 fully saturated rings. The summed E-state index contributed by atoms with van der Waals surface area (Å²) in [5.41, 5.74) is 3.95.